The fourth-order valence-electron chi connectivity index (χ4n) is 3.05. The lowest BCUT2D eigenvalue weighted by Crippen LogP contribution is -2.76. The molecule has 92 valence electrons. The average Bonchev–Trinajstić information content (AvgIpc) is 2.25. The van der Waals surface area contributed by atoms with Crippen LogP contribution in [0, 0.1) is 0 Å². The van der Waals surface area contributed by atoms with E-state index in [9.17, 15) is 0 Å². The molecule has 3 rings (SSSR count). The largest absolute Gasteiger partial charge is 0.314 e. The Morgan fingerprint density at radius 2 is 1.19 bits per heavy atom. The monoisotopic (exact) mass is 240 g/mol. The molecule has 0 aliphatic carbocycles. The van der Waals surface area contributed by atoms with Gasteiger partial charge in [0.1, 0.15) is 0 Å². The van der Waals surface area contributed by atoms with E-state index in [4.69, 9.17) is 0 Å². The number of likely N-dealkylation sites (N-methyl/N-ethyl adjacent to an activating group) is 3. The predicted octanol–water partition coefficient (Wildman–Crippen LogP) is -0.225. The van der Waals surface area contributed by atoms with Gasteiger partial charge in [-0.25, -0.2) is 0 Å². The maximum atomic E-state index is 4.14. The van der Waals surface area contributed by atoms with Gasteiger partial charge in [0.2, 0.25) is 0 Å². The molecule has 0 N–H and O–H groups in total. The van der Waals surface area contributed by atoms with Crippen molar-refractivity contribution in [1.82, 2.24) is 18.6 Å². The molecule has 0 atom stereocenters. The number of hydrogen-bond acceptors (Lipinski definition) is 4. The van der Waals surface area contributed by atoms with Gasteiger partial charge in [0, 0.05) is 39.3 Å². The summed E-state index contributed by atoms with van der Waals surface area (Å²) in [6, 6.07) is 0. The van der Waals surface area contributed by atoms with Gasteiger partial charge in [-0.2, -0.15) is 0 Å². The summed E-state index contributed by atoms with van der Waals surface area (Å²) in [6.07, 6.45) is 0. The second kappa shape index (κ2) is 4.58. The molecule has 0 radical (unpaired) electrons. The van der Waals surface area contributed by atoms with Gasteiger partial charge in [-0.15, -0.1) is 6.58 Å². The Morgan fingerprint density at radius 1 is 0.812 bits per heavy atom. The van der Waals surface area contributed by atoms with Crippen molar-refractivity contribution in [3.05, 3.63) is 12.3 Å². The molecule has 0 unspecified atom stereocenters. The van der Waals surface area contributed by atoms with E-state index >= 15 is 0 Å². The van der Waals surface area contributed by atoms with Crippen LogP contribution in [0.25, 0.3) is 0 Å². The van der Waals surface area contributed by atoms with Gasteiger partial charge >= 0.3 is 8.56 Å². The van der Waals surface area contributed by atoms with Crippen molar-refractivity contribution in [2.24, 2.45) is 0 Å². The van der Waals surface area contributed by atoms with Crippen LogP contribution >= 0.6 is 0 Å². The van der Waals surface area contributed by atoms with Crippen molar-refractivity contribution in [3.8, 4) is 0 Å². The van der Waals surface area contributed by atoms with Crippen LogP contribution in [-0.2, 0) is 0 Å². The maximum absolute atomic E-state index is 4.14. The molecule has 0 aromatic rings. The Morgan fingerprint density at radius 3 is 1.50 bits per heavy atom. The molecule has 2 bridgehead atoms. The first-order chi connectivity index (χ1) is 7.61. The second-order valence-electron chi connectivity index (χ2n) is 5.00. The summed E-state index contributed by atoms with van der Waals surface area (Å²) in [7, 11) is 5.00. The van der Waals surface area contributed by atoms with Crippen LogP contribution in [0.2, 0.25) is 0 Å². The summed E-state index contributed by atoms with van der Waals surface area (Å²) in [5.74, 6) is 0. The number of hydrogen-bond donors (Lipinski definition) is 0. The van der Waals surface area contributed by atoms with Gasteiger partial charge in [0.15, 0.2) is 0 Å². The highest BCUT2D eigenvalue weighted by atomic mass is 28.4. The maximum Gasteiger partial charge on any atom is 0.314 e. The van der Waals surface area contributed by atoms with E-state index in [-0.39, 0.29) is 0 Å². The Hall–Kier alpha value is -0.203. The van der Waals surface area contributed by atoms with Crippen LogP contribution in [0.1, 0.15) is 0 Å². The smallest absolute Gasteiger partial charge is 0.300 e. The molecule has 0 aromatic carbocycles. The van der Waals surface area contributed by atoms with Crippen LogP contribution in [-0.4, -0.2) is 87.6 Å². The fraction of sp³-hybridized carbons (Fsp3) is 0.818. The number of rotatable bonds is 1. The van der Waals surface area contributed by atoms with Gasteiger partial charge in [0.25, 0.3) is 0 Å². The normalized spacial score (nSPS) is 39.1. The first kappa shape index (κ1) is 12.3. The van der Waals surface area contributed by atoms with Gasteiger partial charge in [-0.1, -0.05) is 5.70 Å². The zero-order valence-corrected chi connectivity index (χ0v) is 11.8. The lowest BCUT2D eigenvalue weighted by Gasteiger charge is -2.53. The Bertz CT molecular complexity index is 235. The minimum absolute atomic E-state index is 1.16. The first-order valence-electron chi connectivity index (χ1n) is 6.11. The summed E-state index contributed by atoms with van der Waals surface area (Å²) in [5, 5.41) is 0. The van der Waals surface area contributed by atoms with E-state index in [2.05, 4.69) is 52.0 Å². The highest BCUT2D eigenvalue weighted by molar-refractivity contribution is 6.76. The van der Waals surface area contributed by atoms with Crippen LogP contribution in [0.4, 0.5) is 0 Å². The predicted molar refractivity (Wildman–Crippen MR) is 70.3 cm³/mol. The summed E-state index contributed by atoms with van der Waals surface area (Å²) >= 11 is 0. The van der Waals surface area contributed by atoms with Crippen molar-refractivity contribution < 1.29 is 0 Å². The van der Waals surface area contributed by atoms with Gasteiger partial charge in [-0.05, 0) is 21.1 Å². The molecule has 0 spiro atoms. The van der Waals surface area contributed by atoms with E-state index in [0.717, 1.165) is 19.6 Å². The van der Waals surface area contributed by atoms with Gasteiger partial charge < -0.3 is 0 Å². The van der Waals surface area contributed by atoms with Crippen molar-refractivity contribution in [3.63, 3.8) is 0 Å². The highest BCUT2D eigenvalue weighted by Gasteiger charge is 2.46. The molecular weight excluding hydrogens is 216 g/mol. The highest BCUT2D eigenvalue weighted by Crippen LogP contribution is 2.21. The lowest BCUT2D eigenvalue weighted by molar-refractivity contribution is 0.157. The zero-order chi connectivity index (χ0) is 11.8. The van der Waals surface area contributed by atoms with E-state index in [0.29, 0.717) is 0 Å². The fourth-order valence-corrected chi connectivity index (χ4v) is 7.02. The van der Waals surface area contributed by atoms with E-state index in [1.807, 2.05) is 0 Å². The van der Waals surface area contributed by atoms with Crippen molar-refractivity contribution in [1.29, 1.82) is 0 Å². The minimum atomic E-state index is -1.77. The average molecular weight is 240 g/mol. The van der Waals surface area contributed by atoms with Crippen LogP contribution in [0.3, 0.4) is 0 Å². The molecule has 3 aliphatic heterocycles. The Labute approximate surface area is 100 Å². The third-order valence-electron chi connectivity index (χ3n) is 4.21. The van der Waals surface area contributed by atoms with Crippen molar-refractivity contribution in [2.75, 3.05) is 60.4 Å². The third-order valence-corrected chi connectivity index (χ3v) is 8.80. The second-order valence-corrected chi connectivity index (χ2v) is 9.07. The van der Waals surface area contributed by atoms with Crippen molar-refractivity contribution >= 4 is 8.56 Å². The SMILES string of the molecule is C=C[Si]12N(C)CCN(CCN1C)CCN2C. The molecule has 0 aromatic heterocycles. The molecule has 0 saturated carbocycles. The van der Waals surface area contributed by atoms with Crippen LogP contribution < -0.4 is 0 Å². The molecule has 4 nitrogen and oxygen atoms in total. The molecular formula is C11H24N4Si. The van der Waals surface area contributed by atoms with Gasteiger partial charge in [0.05, 0.1) is 0 Å². The van der Waals surface area contributed by atoms with Gasteiger partial charge in [-0.3, -0.25) is 18.6 Å². The van der Waals surface area contributed by atoms with E-state index in [1.165, 1.54) is 19.6 Å². The zero-order valence-electron chi connectivity index (χ0n) is 10.8. The van der Waals surface area contributed by atoms with Crippen molar-refractivity contribution in [2.45, 2.75) is 0 Å². The Kier molecular flexibility index (Phi) is 3.51. The first-order valence-corrected chi connectivity index (χ1v) is 8.03. The molecule has 3 saturated heterocycles. The molecule has 3 heterocycles. The number of nitrogens with zero attached hydrogens (tertiary/aromatic N) is 4. The molecule has 16 heavy (non-hydrogen) atoms. The third kappa shape index (κ3) is 1.76. The number of fused-ring (bicyclic) bond motifs is 6. The Balaban J connectivity index is 2.37. The summed E-state index contributed by atoms with van der Waals surface area (Å²) < 4.78 is 7.64. The lowest BCUT2D eigenvalue weighted by atomic mass is 10.4. The minimum Gasteiger partial charge on any atom is -0.300 e. The van der Waals surface area contributed by atoms with Crippen LogP contribution in [0.5, 0.6) is 0 Å². The standard InChI is InChI=1S/C11H24N4Si/c1-5-16-12(2)6-9-15(10-7-13(16)3)11-8-14(16)4/h5H,1,6-11H2,2-4H3. The summed E-state index contributed by atoms with van der Waals surface area (Å²) in [5.41, 5.74) is 2.23. The molecule has 5 heteroatoms. The van der Waals surface area contributed by atoms with E-state index < -0.39 is 8.56 Å². The van der Waals surface area contributed by atoms with Crippen LogP contribution in [0.15, 0.2) is 12.3 Å². The quantitative estimate of drug-likeness (QED) is 0.587. The molecule has 0 amide bonds. The molecule has 3 aliphatic rings. The topological polar surface area (TPSA) is 13.0 Å². The summed E-state index contributed by atoms with van der Waals surface area (Å²) in [6.45, 7) is 11.2. The summed E-state index contributed by atoms with van der Waals surface area (Å²) in [4.78, 5) is 2.57. The van der Waals surface area contributed by atoms with E-state index in [1.54, 1.807) is 0 Å². The molecule has 3 fully saturated rings.